The average molecular weight is 283 g/mol. The first-order chi connectivity index (χ1) is 10.2. The van der Waals surface area contributed by atoms with Gasteiger partial charge in [0.15, 0.2) is 11.5 Å². The molecule has 0 aromatic carbocycles. The molecular weight excluding hydrogens is 269 g/mol. The molecule has 1 aliphatic carbocycles. The number of nitriles is 1. The summed E-state index contributed by atoms with van der Waals surface area (Å²) < 4.78 is 14.1. The highest BCUT2D eigenvalue weighted by molar-refractivity contribution is 5.45. The summed E-state index contributed by atoms with van der Waals surface area (Å²) in [4.78, 5) is 6.15. The summed E-state index contributed by atoms with van der Waals surface area (Å²) in [5.41, 5.74) is 0.234. The first kappa shape index (κ1) is 13.4. The van der Waals surface area contributed by atoms with E-state index in [1.54, 1.807) is 24.4 Å². The van der Waals surface area contributed by atoms with E-state index in [0.29, 0.717) is 11.5 Å². The SMILES string of the molecule is CN(c1ccc(C#N)nn1)C1(c2ncccc2F)CCC1. The highest BCUT2D eigenvalue weighted by atomic mass is 19.1. The molecule has 0 unspecified atom stereocenters. The fraction of sp³-hybridized carbons (Fsp3) is 0.333. The van der Waals surface area contributed by atoms with E-state index in [1.807, 2.05) is 18.0 Å². The minimum Gasteiger partial charge on any atom is -0.347 e. The van der Waals surface area contributed by atoms with Crippen molar-refractivity contribution in [2.75, 3.05) is 11.9 Å². The van der Waals surface area contributed by atoms with Crippen molar-refractivity contribution in [3.63, 3.8) is 0 Å². The van der Waals surface area contributed by atoms with Gasteiger partial charge < -0.3 is 4.90 Å². The third-order valence-electron chi connectivity index (χ3n) is 4.13. The highest BCUT2D eigenvalue weighted by Gasteiger charge is 2.46. The van der Waals surface area contributed by atoms with Crippen molar-refractivity contribution in [3.8, 4) is 6.07 Å². The summed E-state index contributed by atoms with van der Waals surface area (Å²) in [7, 11) is 1.86. The Morgan fingerprint density at radius 1 is 1.29 bits per heavy atom. The molecule has 3 rings (SSSR count). The van der Waals surface area contributed by atoms with Gasteiger partial charge in [-0.15, -0.1) is 10.2 Å². The smallest absolute Gasteiger partial charge is 0.163 e. The largest absolute Gasteiger partial charge is 0.347 e. The van der Waals surface area contributed by atoms with Gasteiger partial charge in [0.2, 0.25) is 0 Å². The van der Waals surface area contributed by atoms with Crippen molar-refractivity contribution in [3.05, 3.63) is 47.7 Å². The molecule has 2 aromatic heterocycles. The maximum absolute atomic E-state index is 14.1. The third kappa shape index (κ3) is 2.11. The lowest BCUT2D eigenvalue weighted by molar-refractivity contribution is 0.224. The number of aromatic nitrogens is 3. The van der Waals surface area contributed by atoms with Gasteiger partial charge in [-0.25, -0.2) is 4.39 Å². The lowest BCUT2D eigenvalue weighted by Crippen LogP contribution is -2.51. The van der Waals surface area contributed by atoms with Crippen molar-refractivity contribution < 1.29 is 4.39 Å². The van der Waals surface area contributed by atoms with Crippen LogP contribution in [0.2, 0.25) is 0 Å². The predicted octanol–water partition coefficient (Wildman–Crippen LogP) is 2.40. The van der Waals surface area contributed by atoms with E-state index in [0.717, 1.165) is 19.3 Å². The number of pyridine rings is 1. The number of nitrogens with zero attached hydrogens (tertiary/aromatic N) is 5. The summed E-state index contributed by atoms with van der Waals surface area (Å²) in [6.07, 6.45) is 4.26. The first-order valence-electron chi connectivity index (χ1n) is 6.76. The molecule has 0 saturated heterocycles. The van der Waals surface area contributed by atoms with Gasteiger partial charge in [-0.05, 0) is 43.5 Å². The van der Waals surface area contributed by atoms with E-state index in [2.05, 4.69) is 15.2 Å². The molecule has 1 aliphatic rings. The van der Waals surface area contributed by atoms with Crippen LogP contribution in [-0.4, -0.2) is 22.2 Å². The van der Waals surface area contributed by atoms with Crippen LogP contribution in [0.15, 0.2) is 30.5 Å². The maximum Gasteiger partial charge on any atom is 0.163 e. The van der Waals surface area contributed by atoms with Crippen LogP contribution >= 0.6 is 0 Å². The van der Waals surface area contributed by atoms with Gasteiger partial charge in [0, 0.05) is 13.2 Å². The molecule has 0 spiro atoms. The molecule has 0 atom stereocenters. The molecule has 6 heteroatoms. The van der Waals surface area contributed by atoms with Crippen LogP contribution in [0.1, 0.15) is 30.7 Å². The minimum atomic E-state index is -0.478. The minimum absolute atomic E-state index is 0.263. The van der Waals surface area contributed by atoms with Crippen molar-refractivity contribution in [1.82, 2.24) is 15.2 Å². The average Bonchev–Trinajstić information content (AvgIpc) is 2.48. The molecule has 1 fully saturated rings. The number of hydrogen-bond acceptors (Lipinski definition) is 5. The van der Waals surface area contributed by atoms with E-state index in [4.69, 9.17) is 5.26 Å². The van der Waals surface area contributed by atoms with Crippen LogP contribution in [-0.2, 0) is 5.54 Å². The van der Waals surface area contributed by atoms with Crippen molar-refractivity contribution >= 4 is 5.82 Å². The molecule has 106 valence electrons. The van der Waals surface area contributed by atoms with Crippen molar-refractivity contribution in [1.29, 1.82) is 5.26 Å². The zero-order valence-electron chi connectivity index (χ0n) is 11.6. The molecule has 0 aliphatic heterocycles. The lowest BCUT2D eigenvalue weighted by Gasteiger charge is -2.48. The summed E-state index contributed by atoms with van der Waals surface area (Å²) in [5, 5.41) is 16.7. The topological polar surface area (TPSA) is 65.7 Å². The Morgan fingerprint density at radius 2 is 2.10 bits per heavy atom. The second-order valence-corrected chi connectivity index (χ2v) is 5.17. The molecule has 21 heavy (non-hydrogen) atoms. The summed E-state index contributed by atoms with van der Waals surface area (Å²) >= 11 is 0. The summed E-state index contributed by atoms with van der Waals surface area (Å²) in [6, 6.07) is 8.30. The lowest BCUT2D eigenvalue weighted by atomic mass is 9.72. The van der Waals surface area contributed by atoms with E-state index in [1.165, 1.54) is 6.07 Å². The monoisotopic (exact) mass is 283 g/mol. The zero-order chi connectivity index (χ0) is 14.9. The van der Waals surface area contributed by atoms with Crippen LogP contribution in [0.5, 0.6) is 0 Å². The number of anilines is 1. The van der Waals surface area contributed by atoms with Crippen LogP contribution in [0.25, 0.3) is 0 Å². The van der Waals surface area contributed by atoms with E-state index < -0.39 is 5.54 Å². The fourth-order valence-corrected chi connectivity index (χ4v) is 2.75. The van der Waals surface area contributed by atoms with Gasteiger partial charge in [0.25, 0.3) is 0 Å². The van der Waals surface area contributed by atoms with Crippen LogP contribution in [0.3, 0.4) is 0 Å². The third-order valence-corrected chi connectivity index (χ3v) is 4.13. The fourth-order valence-electron chi connectivity index (χ4n) is 2.75. The Labute approximate surface area is 122 Å². The summed E-state index contributed by atoms with van der Waals surface area (Å²) in [6.45, 7) is 0. The molecule has 0 amide bonds. The van der Waals surface area contributed by atoms with Crippen molar-refractivity contribution in [2.24, 2.45) is 0 Å². The van der Waals surface area contributed by atoms with Gasteiger partial charge in [-0.3, -0.25) is 4.98 Å². The van der Waals surface area contributed by atoms with Gasteiger partial charge in [0.05, 0.1) is 5.54 Å². The van der Waals surface area contributed by atoms with Crippen molar-refractivity contribution in [2.45, 2.75) is 24.8 Å². The maximum atomic E-state index is 14.1. The molecule has 0 radical (unpaired) electrons. The Hall–Kier alpha value is -2.55. The molecule has 2 aromatic rings. The Balaban J connectivity index is 1.99. The zero-order valence-corrected chi connectivity index (χ0v) is 11.6. The molecule has 0 bridgehead atoms. The number of rotatable bonds is 3. The second kappa shape index (κ2) is 5.09. The Kier molecular flexibility index (Phi) is 3.26. The van der Waals surface area contributed by atoms with Gasteiger partial charge in [-0.2, -0.15) is 5.26 Å². The summed E-state index contributed by atoms with van der Waals surface area (Å²) in [5.74, 6) is 0.310. The first-order valence-corrected chi connectivity index (χ1v) is 6.76. The standard InChI is InChI=1S/C15H14FN5/c1-21(13-6-5-11(10-17)19-20-13)15(7-3-8-15)14-12(16)4-2-9-18-14/h2,4-6,9H,3,7-8H2,1H3. The van der Waals surface area contributed by atoms with Gasteiger partial charge >= 0.3 is 0 Å². The number of hydrogen-bond donors (Lipinski definition) is 0. The Bertz CT molecular complexity index is 688. The normalized spacial score (nSPS) is 15.9. The molecule has 1 saturated carbocycles. The van der Waals surface area contributed by atoms with Crippen LogP contribution < -0.4 is 4.90 Å². The Morgan fingerprint density at radius 3 is 2.62 bits per heavy atom. The second-order valence-electron chi connectivity index (χ2n) is 5.17. The molecule has 2 heterocycles. The number of halogens is 1. The van der Waals surface area contributed by atoms with E-state index >= 15 is 0 Å². The predicted molar refractivity (Wildman–Crippen MR) is 74.9 cm³/mol. The van der Waals surface area contributed by atoms with Gasteiger partial charge in [-0.1, -0.05) is 0 Å². The van der Waals surface area contributed by atoms with E-state index in [-0.39, 0.29) is 11.5 Å². The quantitative estimate of drug-likeness (QED) is 0.865. The molecular formula is C15H14FN5. The molecule has 0 N–H and O–H groups in total. The highest BCUT2D eigenvalue weighted by Crippen LogP contribution is 2.47. The molecule has 5 nitrogen and oxygen atoms in total. The van der Waals surface area contributed by atoms with E-state index in [9.17, 15) is 4.39 Å². The van der Waals surface area contributed by atoms with Crippen LogP contribution in [0.4, 0.5) is 10.2 Å². The van der Waals surface area contributed by atoms with Gasteiger partial charge in [0.1, 0.15) is 17.6 Å². The van der Waals surface area contributed by atoms with Crippen LogP contribution in [0, 0.1) is 17.1 Å².